The first-order valence-corrected chi connectivity index (χ1v) is 14.2. The number of carbonyl (C=O) groups excluding carboxylic acids is 1. The molecule has 4 nitrogen and oxygen atoms in total. The molecule has 0 amide bonds. The van der Waals surface area contributed by atoms with E-state index < -0.39 is 17.3 Å². The number of rotatable bonds is 19. The van der Waals surface area contributed by atoms with E-state index in [4.69, 9.17) is 4.74 Å². The molecule has 2 unspecified atom stereocenters. The number of unbranched alkanes of at least 4 members (excludes halogenated alkanes) is 11. The number of hydrogen-bond donors (Lipinski definition) is 1. The zero-order chi connectivity index (χ0) is 26.3. The molecule has 0 aromatic carbocycles. The minimum atomic E-state index is -0.956. The van der Waals surface area contributed by atoms with Gasteiger partial charge in [0.05, 0.1) is 17.9 Å². The summed E-state index contributed by atoms with van der Waals surface area (Å²) in [6.45, 7) is 16.8. The Labute approximate surface area is 212 Å². The highest BCUT2D eigenvalue weighted by atomic mass is 16.5. The van der Waals surface area contributed by atoms with Gasteiger partial charge in [-0.15, -0.1) is 0 Å². The van der Waals surface area contributed by atoms with Gasteiger partial charge in [0.25, 0.3) is 0 Å². The van der Waals surface area contributed by atoms with Crippen LogP contribution >= 0.6 is 0 Å². The second-order valence-corrected chi connectivity index (χ2v) is 12.9. The summed E-state index contributed by atoms with van der Waals surface area (Å²) in [5.74, 6) is -1.91. The van der Waals surface area contributed by atoms with Crippen molar-refractivity contribution in [2.75, 3.05) is 6.61 Å². The molecule has 4 heteroatoms. The van der Waals surface area contributed by atoms with Gasteiger partial charge in [-0.25, -0.2) is 0 Å². The molecule has 0 saturated heterocycles. The van der Waals surface area contributed by atoms with Crippen LogP contribution in [0.4, 0.5) is 0 Å². The van der Waals surface area contributed by atoms with Gasteiger partial charge in [0.1, 0.15) is 0 Å². The second-order valence-electron chi connectivity index (χ2n) is 12.9. The van der Waals surface area contributed by atoms with Gasteiger partial charge in [0.15, 0.2) is 0 Å². The smallest absolute Gasteiger partial charge is 0.312 e. The number of carboxylic acids is 1. The number of hydrogen-bond acceptors (Lipinski definition) is 3. The Balaban J connectivity index is 4.92. The van der Waals surface area contributed by atoms with Crippen molar-refractivity contribution in [2.45, 2.75) is 152 Å². The van der Waals surface area contributed by atoms with E-state index in [1.807, 2.05) is 48.5 Å². The molecule has 0 saturated carbocycles. The van der Waals surface area contributed by atoms with E-state index >= 15 is 0 Å². The first kappa shape index (κ1) is 32.9. The summed E-state index contributed by atoms with van der Waals surface area (Å²) >= 11 is 0. The van der Waals surface area contributed by atoms with E-state index in [-0.39, 0.29) is 16.8 Å². The summed E-state index contributed by atoms with van der Waals surface area (Å²) in [5, 5.41) is 10.2. The Morgan fingerprint density at radius 3 is 1.50 bits per heavy atom. The molecule has 0 spiro atoms. The molecule has 0 aromatic heterocycles. The molecule has 1 N–H and O–H groups in total. The molecule has 0 heterocycles. The van der Waals surface area contributed by atoms with Crippen LogP contribution < -0.4 is 0 Å². The van der Waals surface area contributed by atoms with Crippen molar-refractivity contribution >= 4 is 11.9 Å². The molecule has 2 atom stereocenters. The van der Waals surface area contributed by atoms with Crippen molar-refractivity contribution < 1.29 is 19.4 Å². The molecule has 0 aliphatic carbocycles. The summed E-state index contributed by atoms with van der Waals surface area (Å²) in [7, 11) is 0. The number of ether oxygens (including phenoxy) is 1. The normalized spacial score (nSPS) is 15.1. The average molecular weight is 483 g/mol. The lowest BCUT2D eigenvalue weighted by Gasteiger charge is -2.39. The Hall–Kier alpha value is -1.06. The Morgan fingerprint density at radius 2 is 1.15 bits per heavy atom. The molecule has 34 heavy (non-hydrogen) atoms. The van der Waals surface area contributed by atoms with Crippen LogP contribution in [0.25, 0.3) is 0 Å². The highest BCUT2D eigenvalue weighted by Gasteiger charge is 2.50. The van der Waals surface area contributed by atoms with Gasteiger partial charge in [-0.3, -0.25) is 9.59 Å². The summed E-state index contributed by atoms with van der Waals surface area (Å²) in [6, 6.07) is 0. The minimum Gasteiger partial charge on any atom is -0.481 e. The van der Waals surface area contributed by atoms with E-state index in [0.717, 1.165) is 19.3 Å². The fraction of sp³-hybridized carbons (Fsp3) is 0.933. The third-order valence-corrected chi connectivity index (χ3v) is 6.93. The number of esters is 1. The highest BCUT2D eigenvalue weighted by molar-refractivity contribution is 5.84. The molecule has 0 aliphatic heterocycles. The maximum Gasteiger partial charge on any atom is 0.312 e. The summed E-state index contributed by atoms with van der Waals surface area (Å²) in [4.78, 5) is 25.8. The van der Waals surface area contributed by atoms with Gasteiger partial charge < -0.3 is 9.84 Å². The van der Waals surface area contributed by atoms with Crippen LogP contribution in [-0.4, -0.2) is 23.7 Å². The van der Waals surface area contributed by atoms with Gasteiger partial charge in [-0.05, 0) is 30.1 Å². The van der Waals surface area contributed by atoms with E-state index in [2.05, 4.69) is 6.92 Å². The monoisotopic (exact) mass is 482 g/mol. The molecule has 0 aliphatic rings. The van der Waals surface area contributed by atoms with Crippen LogP contribution in [0, 0.1) is 22.2 Å². The van der Waals surface area contributed by atoms with Gasteiger partial charge >= 0.3 is 11.9 Å². The molecule has 0 fully saturated rings. The van der Waals surface area contributed by atoms with Crippen molar-refractivity contribution in [3.05, 3.63) is 0 Å². The van der Waals surface area contributed by atoms with E-state index in [0.29, 0.717) is 25.9 Å². The van der Waals surface area contributed by atoms with Crippen molar-refractivity contribution in [1.29, 1.82) is 0 Å². The SMILES string of the molecule is CCCCCCCCCCCCCCC(CC)(C(=O)OCC(C)(C)C)C(CC(C)(C)C)C(=O)O. The van der Waals surface area contributed by atoms with Crippen molar-refractivity contribution in [3.63, 3.8) is 0 Å². The number of aliphatic carboxylic acids is 1. The molecular weight excluding hydrogens is 424 g/mol. The molecule has 0 aromatic rings. The first-order chi connectivity index (χ1) is 15.8. The fourth-order valence-corrected chi connectivity index (χ4v) is 4.82. The zero-order valence-corrected chi connectivity index (χ0v) is 24.1. The van der Waals surface area contributed by atoms with Crippen LogP contribution in [-0.2, 0) is 14.3 Å². The Morgan fingerprint density at radius 1 is 0.706 bits per heavy atom. The zero-order valence-electron chi connectivity index (χ0n) is 24.1. The third-order valence-electron chi connectivity index (χ3n) is 6.93. The van der Waals surface area contributed by atoms with Crippen LogP contribution in [0.1, 0.15) is 152 Å². The predicted molar refractivity (Wildman–Crippen MR) is 144 cm³/mol. The van der Waals surface area contributed by atoms with Crippen molar-refractivity contribution in [1.82, 2.24) is 0 Å². The molecule has 0 rings (SSSR count). The molecule has 0 bridgehead atoms. The Bertz CT molecular complexity index is 555. The van der Waals surface area contributed by atoms with Gasteiger partial charge in [-0.1, -0.05) is 132 Å². The van der Waals surface area contributed by atoms with E-state index in [9.17, 15) is 14.7 Å². The van der Waals surface area contributed by atoms with E-state index in [1.54, 1.807) is 0 Å². The van der Waals surface area contributed by atoms with Gasteiger partial charge in [0.2, 0.25) is 0 Å². The summed E-state index contributed by atoms with van der Waals surface area (Å²) in [6.07, 6.45) is 16.6. The summed E-state index contributed by atoms with van der Waals surface area (Å²) in [5.41, 5.74) is -1.28. The minimum absolute atomic E-state index is 0.145. The lowest BCUT2D eigenvalue weighted by atomic mass is 9.65. The topological polar surface area (TPSA) is 63.6 Å². The third kappa shape index (κ3) is 14.4. The van der Waals surface area contributed by atoms with Crippen molar-refractivity contribution in [3.8, 4) is 0 Å². The standard InChI is InChI=1S/C30H58O4/c1-9-11-12-13-14-15-16-17-18-19-20-21-22-30(10-2,27(33)34-24-29(6,7)8)25(26(31)32)23-28(3,4)5/h25H,9-24H2,1-8H3,(H,31,32). The van der Waals surface area contributed by atoms with Crippen LogP contribution in [0.5, 0.6) is 0 Å². The van der Waals surface area contributed by atoms with Gasteiger partial charge in [0, 0.05) is 0 Å². The largest absolute Gasteiger partial charge is 0.481 e. The maximum absolute atomic E-state index is 13.4. The predicted octanol–water partition coefficient (Wildman–Crippen LogP) is 9.20. The highest BCUT2D eigenvalue weighted by Crippen LogP contribution is 2.44. The maximum atomic E-state index is 13.4. The second kappa shape index (κ2) is 16.6. The molecular formula is C30H58O4. The fourth-order valence-electron chi connectivity index (χ4n) is 4.82. The summed E-state index contributed by atoms with van der Waals surface area (Å²) < 4.78 is 5.76. The quantitative estimate of drug-likeness (QED) is 0.147. The Kier molecular flexibility index (Phi) is 16.1. The lowest BCUT2D eigenvalue weighted by Crippen LogP contribution is -2.45. The number of carboxylic acid groups (broad SMARTS) is 1. The lowest BCUT2D eigenvalue weighted by molar-refractivity contribution is -0.172. The molecule has 202 valence electrons. The van der Waals surface area contributed by atoms with E-state index in [1.165, 1.54) is 57.8 Å². The average Bonchev–Trinajstić information content (AvgIpc) is 2.73. The van der Waals surface area contributed by atoms with Gasteiger partial charge in [-0.2, -0.15) is 0 Å². The molecule has 0 radical (unpaired) electrons. The van der Waals surface area contributed by atoms with Crippen LogP contribution in [0.3, 0.4) is 0 Å². The van der Waals surface area contributed by atoms with Crippen molar-refractivity contribution in [2.24, 2.45) is 22.2 Å². The van der Waals surface area contributed by atoms with Crippen LogP contribution in [0.2, 0.25) is 0 Å². The first-order valence-electron chi connectivity index (χ1n) is 14.2. The van der Waals surface area contributed by atoms with Crippen LogP contribution in [0.15, 0.2) is 0 Å². The number of carbonyl (C=O) groups is 2.